The highest BCUT2D eigenvalue weighted by molar-refractivity contribution is 5.44. The summed E-state index contributed by atoms with van der Waals surface area (Å²) in [6, 6.07) is 10.0. The van der Waals surface area contributed by atoms with Gasteiger partial charge in [-0.15, -0.1) is 0 Å². The van der Waals surface area contributed by atoms with Crippen LogP contribution in [0, 0.1) is 0 Å². The minimum Gasteiger partial charge on any atom is -0.454 e. The molecule has 1 aliphatic heterocycles. The smallest absolute Gasteiger partial charge is 0.231 e. The predicted octanol–water partition coefficient (Wildman–Crippen LogP) is 2.10. The van der Waals surface area contributed by atoms with E-state index in [0.717, 1.165) is 24.6 Å². The zero-order valence-corrected chi connectivity index (χ0v) is 9.93. The number of benzene rings is 1. The first-order valence-corrected chi connectivity index (χ1v) is 5.90. The number of pyridine rings is 1. The Morgan fingerprint density at radius 3 is 2.61 bits per heavy atom. The number of aromatic nitrogens is 1. The number of hydrogen-bond acceptors (Lipinski definition) is 4. The summed E-state index contributed by atoms with van der Waals surface area (Å²) in [4.78, 5) is 3.99. The van der Waals surface area contributed by atoms with Gasteiger partial charge in [-0.25, -0.2) is 0 Å². The fraction of sp³-hybridized carbons (Fsp3) is 0.214. The Morgan fingerprint density at radius 1 is 0.944 bits per heavy atom. The molecule has 0 spiro atoms. The first kappa shape index (κ1) is 11.0. The van der Waals surface area contributed by atoms with E-state index in [0.29, 0.717) is 6.79 Å². The van der Waals surface area contributed by atoms with Crippen LogP contribution >= 0.6 is 0 Å². The number of rotatable bonds is 4. The molecule has 0 saturated heterocycles. The third-order valence-corrected chi connectivity index (χ3v) is 2.84. The molecule has 0 unspecified atom stereocenters. The van der Waals surface area contributed by atoms with E-state index in [-0.39, 0.29) is 0 Å². The lowest BCUT2D eigenvalue weighted by atomic mass is 10.2. The van der Waals surface area contributed by atoms with E-state index in [1.165, 1.54) is 11.1 Å². The molecule has 0 aliphatic carbocycles. The van der Waals surface area contributed by atoms with Gasteiger partial charge in [0.25, 0.3) is 0 Å². The molecule has 2 aromatic rings. The standard InChI is InChI=1S/C14H14N2O2/c1-2-13-14(18-10-17-13)7-12(1)9-16-8-11-3-5-15-6-4-11/h1-7,16H,8-10H2. The van der Waals surface area contributed by atoms with Gasteiger partial charge in [-0.2, -0.15) is 0 Å². The molecule has 3 rings (SSSR count). The van der Waals surface area contributed by atoms with Crippen molar-refractivity contribution in [3.05, 3.63) is 53.9 Å². The van der Waals surface area contributed by atoms with E-state index in [1.807, 2.05) is 30.3 Å². The van der Waals surface area contributed by atoms with Gasteiger partial charge in [0.2, 0.25) is 6.79 Å². The fourth-order valence-corrected chi connectivity index (χ4v) is 1.90. The van der Waals surface area contributed by atoms with Crippen LogP contribution in [0.2, 0.25) is 0 Å². The molecule has 0 saturated carbocycles. The second kappa shape index (κ2) is 5.06. The molecule has 0 atom stereocenters. The monoisotopic (exact) mass is 242 g/mol. The van der Waals surface area contributed by atoms with Crippen LogP contribution in [0.25, 0.3) is 0 Å². The molecule has 2 heterocycles. The number of ether oxygens (including phenoxy) is 2. The van der Waals surface area contributed by atoms with Crippen LogP contribution in [0.3, 0.4) is 0 Å². The van der Waals surface area contributed by atoms with Crippen LogP contribution in [-0.2, 0) is 13.1 Å². The SMILES string of the molecule is c1cc(CNCc2ccc3c(c2)OCO3)ccn1. The van der Waals surface area contributed by atoms with Gasteiger partial charge in [0, 0.05) is 25.5 Å². The second-order valence-corrected chi connectivity index (χ2v) is 4.15. The molecule has 0 amide bonds. The van der Waals surface area contributed by atoms with Gasteiger partial charge in [0.15, 0.2) is 11.5 Å². The van der Waals surface area contributed by atoms with E-state index >= 15 is 0 Å². The summed E-state index contributed by atoms with van der Waals surface area (Å²) in [6.07, 6.45) is 3.61. The highest BCUT2D eigenvalue weighted by Gasteiger charge is 2.12. The molecule has 0 fully saturated rings. The summed E-state index contributed by atoms with van der Waals surface area (Å²) < 4.78 is 10.6. The summed E-state index contributed by atoms with van der Waals surface area (Å²) in [7, 11) is 0. The van der Waals surface area contributed by atoms with Crippen molar-refractivity contribution in [1.82, 2.24) is 10.3 Å². The Hall–Kier alpha value is -2.07. The summed E-state index contributed by atoms with van der Waals surface area (Å²) in [5.41, 5.74) is 2.42. The van der Waals surface area contributed by atoms with Gasteiger partial charge in [-0.3, -0.25) is 4.98 Å². The van der Waals surface area contributed by atoms with Crippen LogP contribution in [0.15, 0.2) is 42.7 Å². The molecular formula is C14H14N2O2. The highest BCUT2D eigenvalue weighted by atomic mass is 16.7. The lowest BCUT2D eigenvalue weighted by molar-refractivity contribution is 0.174. The molecule has 1 aromatic carbocycles. The van der Waals surface area contributed by atoms with Crippen molar-refractivity contribution < 1.29 is 9.47 Å². The average molecular weight is 242 g/mol. The van der Waals surface area contributed by atoms with E-state index in [9.17, 15) is 0 Å². The molecular weight excluding hydrogens is 228 g/mol. The fourth-order valence-electron chi connectivity index (χ4n) is 1.90. The van der Waals surface area contributed by atoms with Crippen molar-refractivity contribution in [1.29, 1.82) is 0 Å². The molecule has 18 heavy (non-hydrogen) atoms. The summed E-state index contributed by atoms with van der Waals surface area (Å²) in [6.45, 7) is 1.96. The Balaban J connectivity index is 1.57. The molecule has 1 aliphatic rings. The minimum atomic E-state index is 0.323. The van der Waals surface area contributed by atoms with Crippen molar-refractivity contribution in [3.63, 3.8) is 0 Å². The third-order valence-electron chi connectivity index (χ3n) is 2.84. The van der Waals surface area contributed by atoms with Crippen molar-refractivity contribution >= 4 is 0 Å². The number of hydrogen-bond donors (Lipinski definition) is 1. The maximum Gasteiger partial charge on any atom is 0.231 e. The molecule has 0 radical (unpaired) electrons. The Morgan fingerprint density at radius 2 is 1.72 bits per heavy atom. The van der Waals surface area contributed by atoms with Gasteiger partial charge < -0.3 is 14.8 Å². The zero-order valence-electron chi connectivity index (χ0n) is 9.93. The maximum atomic E-state index is 5.35. The molecule has 4 heteroatoms. The van der Waals surface area contributed by atoms with Crippen molar-refractivity contribution in [2.24, 2.45) is 0 Å². The highest BCUT2D eigenvalue weighted by Crippen LogP contribution is 2.32. The second-order valence-electron chi connectivity index (χ2n) is 4.15. The van der Waals surface area contributed by atoms with Crippen molar-refractivity contribution in [3.8, 4) is 11.5 Å². The van der Waals surface area contributed by atoms with E-state index < -0.39 is 0 Å². The van der Waals surface area contributed by atoms with Crippen LogP contribution in [-0.4, -0.2) is 11.8 Å². The number of nitrogens with zero attached hydrogens (tertiary/aromatic N) is 1. The van der Waals surface area contributed by atoms with Gasteiger partial charge in [-0.05, 0) is 35.4 Å². The summed E-state index contributed by atoms with van der Waals surface area (Å²) in [5, 5.41) is 3.38. The van der Waals surface area contributed by atoms with Gasteiger partial charge in [0.05, 0.1) is 0 Å². The largest absolute Gasteiger partial charge is 0.454 e. The van der Waals surface area contributed by atoms with Crippen molar-refractivity contribution in [2.75, 3.05) is 6.79 Å². The Kier molecular flexibility index (Phi) is 3.10. The van der Waals surface area contributed by atoms with Crippen LogP contribution in [0.5, 0.6) is 11.5 Å². The first-order chi connectivity index (χ1) is 8.92. The van der Waals surface area contributed by atoms with E-state index in [2.05, 4.69) is 10.3 Å². The van der Waals surface area contributed by atoms with E-state index in [1.54, 1.807) is 12.4 Å². The van der Waals surface area contributed by atoms with Crippen LogP contribution in [0.4, 0.5) is 0 Å². The van der Waals surface area contributed by atoms with Gasteiger partial charge in [0.1, 0.15) is 0 Å². The topological polar surface area (TPSA) is 43.4 Å². The predicted molar refractivity (Wildman–Crippen MR) is 67.3 cm³/mol. The number of nitrogens with one attached hydrogen (secondary N) is 1. The molecule has 92 valence electrons. The normalized spacial score (nSPS) is 12.7. The zero-order chi connectivity index (χ0) is 12.2. The third kappa shape index (κ3) is 2.43. The number of fused-ring (bicyclic) bond motifs is 1. The first-order valence-electron chi connectivity index (χ1n) is 5.90. The van der Waals surface area contributed by atoms with Crippen LogP contribution < -0.4 is 14.8 Å². The molecule has 4 nitrogen and oxygen atoms in total. The van der Waals surface area contributed by atoms with Crippen LogP contribution in [0.1, 0.15) is 11.1 Å². The van der Waals surface area contributed by atoms with Gasteiger partial charge >= 0.3 is 0 Å². The molecule has 0 bridgehead atoms. The lowest BCUT2D eigenvalue weighted by Gasteiger charge is -2.05. The maximum absolute atomic E-state index is 5.35. The summed E-state index contributed by atoms with van der Waals surface area (Å²) >= 11 is 0. The molecule has 1 aromatic heterocycles. The quantitative estimate of drug-likeness (QED) is 0.891. The lowest BCUT2D eigenvalue weighted by Crippen LogP contribution is -2.12. The average Bonchev–Trinajstić information content (AvgIpc) is 2.87. The molecule has 1 N–H and O–H groups in total. The van der Waals surface area contributed by atoms with Gasteiger partial charge in [-0.1, -0.05) is 6.07 Å². The Labute approximate surface area is 106 Å². The Bertz CT molecular complexity index is 529. The minimum absolute atomic E-state index is 0.323. The summed E-state index contributed by atoms with van der Waals surface area (Å²) in [5.74, 6) is 1.66. The van der Waals surface area contributed by atoms with Crippen molar-refractivity contribution in [2.45, 2.75) is 13.1 Å². The van der Waals surface area contributed by atoms with E-state index in [4.69, 9.17) is 9.47 Å².